The van der Waals surface area contributed by atoms with Crippen molar-refractivity contribution in [2.45, 2.75) is 37.9 Å². The Balaban J connectivity index is 1.76. The van der Waals surface area contributed by atoms with Crippen molar-refractivity contribution in [3.8, 4) is 0 Å². The fraction of sp³-hybridized carbons (Fsp3) is 0.533. The van der Waals surface area contributed by atoms with Crippen molar-refractivity contribution in [1.29, 1.82) is 0 Å². The predicted molar refractivity (Wildman–Crippen MR) is 81.4 cm³/mol. The van der Waals surface area contributed by atoms with Gasteiger partial charge >= 0.3 is 0 Å². The molecule has 2 atom stereocenters. The molecule has 1 aliphatic rings. The van der Waals surface area contributed by atoms with Crippen LogP contribution < -0.4 is 5.32 Å². The van der Waals surface area contributed by atoms with Crippen molar-refractivity contribution >= 4 is 16.9 Å². The third-order valence-corrected chi connectivity index (χ3v) is 4.47. The lowest BCUT2D eigenvalue weighted by atomic mass is 10.0. The number of nitrogens with zero attached hydrogens (tertiary/aromatic N) is 1. The van der Waals surface area contributed by atoms with E-state index >= 15 is 0 Å². The van der Waals surface area contributed by atoms with Gasteiger partial charge in [0.25, 0.3) is 0 Å². The highest BCUT2D eigenvalue weighted by Crippen LogP contribution is 2.24. The van der Waals surface area contributed by atoms with E-state index in [-0.39, 0.29) is 0 Å². The number of hydrogen-bond donors (Lipinski definition) is 1. The standard InChI is InChI=1S/C15H22N2S/c1-3-7-14-11-17-15(18-14)16-10-12(2)13-8-5-4-6-9-13/h4-6,8-9,12,14H,3,7,10-11H2,1-2H3,(H,16,17). The average Bonchev–Trinajstić information content (AvgIpc) is 2.85. The van der Waals surface area contributed by atoms with E-state index in [9.17, 15) is 0 Å². The van der Waals surface area contributed by atoms with Gasteiger partial charge in [0.2, 0.25) is 0 Å². The smallest absolute Gasteiger partial charge is 0.156 e. The molecule has 0 saturated carbocycles. The summed E-state index contributed by atoms with van der Waals surface area (Å²) >= 11 is 1.91. The van der Waals surface area contributed by atoms with E-state index in [0.29, 0.717) is 11.2 Å². The monoisotopic (exact) mass is 262 g/mol. The number of aliphatic imine (C=N–C) groups is 1. The Hall–Kier alpha value is -0.960. The van der Waals surface area contributed by atoms with Crippen LogP contribution in [0.5, 0.6) is 0 Å². The molecule has 98 valence electrons. The van der Waals surface area contributed by atoms with Crippen LogP contribution in [0, 0.1) is 0 Å². The molecule has 2 unspecified atom stereocenters. The van der Waals surface area contributed by atoms with Crippen molar-refractivity contribution in [1.82, 2.24) is 5.32 Å². The summed E-state index contributed by atoms with van der Waals surface area (Å²) in [6.45, 7) is 6.45. The second-order valence-electron chi connectivity index (χ2n) is 4.87. The van der Waals surface area contributed by atoms with E-state index < -0.39 is 0 Å². The summed E-state index contributed by atoms with van der Waals surface area (Å²) in [6, 6.07) is 10.7. The minimum absolute atomic E-state index is 0.528. The fourth-order valence-corrected chi connectivity index (χ4v) is 3.26. The Bertz CT molecular complexity index is 389. The number of nitrogens with one attached hydrogen (secondary N) is 1. The molecule has 0 aromatic heterocycles. The van der Waals surface area contributed by atoms with E-state index in [4.69, 9.17) is 0 Å². The van der Waals surface area contributed by atoms with Gasteiger partial charge in [-0.1, -0.05) is 62.4 Å². The third kappa shape index (κ3) is 3.77. The number of thioether (sulfide) groups is 1. The van der Waals surface area contributed by atoms with E-state index in [0.717, 1.165) is 18.3 Å². The summed E-state index contributed by atoms with van der Waals surface area (Å²) < 4.78 is 0. The molecule has 0 radical (unpaired) electrons. The highest BCUT2D eigenvalue weighted by atomic mass is 32.2. The van der Waals surface area contributed by atoms with Crippen molar-refractivity contribution in [2.75, 3.05) is 13.1 Å². The third-order valence-electron chi connectivity index (χ3n) is 3.26. The van der Waals surface area contributed by atoms with E-state index in [1.807, 2.05) is 11.8 Å². The lowest BCUT2D eigenvalue weighted by Crippen LogP contribution is -2.24. The number of benzene rings is 1. The number of hydrogen-bond acceptors (Lipinski definition) is 3. The van der Waals surface area contributed by atoms with Crippen LogP contribution >= 0.6 is 11.8 Å². The van der Waals surface area contributed by atoms with E-state index in [1.165, 1.54) is 18.4 Å². The Morgan fingerprint density at radius 1 is 1.39 bits per heavy atom. The van der Waals surface area contributed by atoms with Crippen LogP contribution in [0.15, 0.2) is 35.3 Å². The summed E-state index contributed by atoms with van der Waals surface area (Å²) in [5.74, 6) is 0.528. The van der Waals surface area contributed by atoms with Crippen molar-refractivity contribution < 1.29 is 0 Å². The summed E-state index contributed by atoms with van der Waals surface area (Å²) in [5, 5.41) is 5.32. The van der Waals surface area contributed by atoms with Gasteiger partial charge in [-0.05, 0) is 17.9 Å². The van der Waals surface area contributed by atoms with Gasteiger partial charge in [-0.3, -0.25) is 4.99 Å². The summed E-state index contributed by atoms with van der Waals surface area (Å²) in [5.41, 5.74) is 1.39. The van der Waals surface area contributed by atoms with Gasteiger partial charge in [-0.25, -0.2) is 0 Å². The predicted octanol–water partition coefficient (Wildman–Crippen LogP) is 3.65. The highest BCUT2D eigenvalue weighted by Gasteiger charge is 2.18. The minimum atomic E-state index is 0.528. The van der Waals surface area contributed by atoms with Gasteiger partial charge in [0.1, 0.15) is 0 Å². The molecule has 1 aliphatic heterocycles. The lowest BCUT2D eigenvalue weighted by Gasteiger charge is -2.14. The van der Waals surface area contributed by atoms with Crippen LogP contribution in [-0.4, -0.2) is 23.5 Å². The summed E-state index contributed by atoms with van der Waals surface area (Å²) in [7, 11) is 0. The first-order valence-corrected chi connectivity index (χ1v) is 7.67. The molecule has 2 rings (SSSR count). The SMILES string of the molecule is CCCC1CN=C(NCC(C)c2ccccc2)S1. The fourth-order valence-electron chi connectivity index (χ4n) is 2.13. The van der Waals surface area contributed by atoms with Gasteiger partial charge in [-0.15, -0.1) is 0 Å². The summed E-state index contributed by atoms with van der Waals surface area (Å²) in [4.78, 5) is 4.57. The molecule has 1 aromatic carbocycles. The topological polar surface area (TPSA) is 24.4 Å². The van der Waals surface area contributed by atoms with Gasteiger partial charge in [0.05, 0.1) is 6.54 Å². The van der Waals surface area contributed by atoms with Gasteiger partial charge in [0, 0.05) is 11.8 Å². The molecule has 1 N–H and O–H groups in total. The second-order valence-corrected chi connectivity index (χ2v) is 6.16. The lowest BCUT2D eigenvalue weighted by molar-refractivity contribution is 0.722. The van der Waals surface area contributed by atoms with Crippen molar-refractivity contribution in [2.24, 2.45) is 4.99 Å². The maximum atomic E-state index is 4.57. The molecule has 0 bridgehead atoms. The molecule has 0 fully saturated rings. The molecule has 1 aromatic rings. The first-order chi connectivity index (χ1) is 8.79. The average molecular weight is 262 g/mol. The maximum Gasteiger partial charge on any atom is 0.156 e. The molecular formula is C15H22N2S. The highest BCUT2D eigenvalue weighted by molar-refractivity contribution is 8.14. The van der Waals surface area contributed by atoms with Gasteiger partial charge < -0.3 is 5.32 Å². The molecule has 0 saturated heterocycles. The zero-order chi connectivity index (χ0) is 12.8. The molecule has 0 spiro atoms. The normalized spacial score (nSPS) is 20.6. The van der Waals surface area contributed by atoms with Crippen LogP contribution in [-0.2, 0) is 0 Å². The van der Waals surface area contributed by atoms with Gasteiger partial charge in [0.15, 0.2) is 5.17 Å². The maximum absolute atomic E-state index is 4.57. The van der Waals surface area contributed by atoms with E-state index in [1.54, 1.807) is 0 Å². The van der Waals surface area contributed by atoms with Crippen molar-refractivity contribution in [3.05, 3.63) is 35.9 Å². The van der Waals surface area contributed by atoms with Crippen molar-refractivity contribution in [3.63, 3.8) is 0 Å². The largest absolute Gasteiger partial charge is 0.364 e. The van der Waals surface area contributed by atoms with E-state index in [2.05, 4.69) is 54.5 Å². The van der Waals surface area contributed by atoms with Crippen LogP contribution in [0.25, 0.3) is 0 Å². The molecule has 1 heterocycles. The minimum Gasteiger partial charge on any atom is -0.364 e. The first kappa shape index (κ1) is 13.5. The van der Waals surface area contributed by atoms with Gasteiger partial charge in [-0.2, -0.15) is 0 Å². The molecule has 18 heavy (non-hydrogen) atoms. The molecule has 3 heteroatoms. The zero-order valence-electron chi connectivity index (χ0n) is 11.2. The molecule has 0 amide bonds. The Kier molecular flexibility index (Phi) is 5.12. The van der Waals surface area contributed by atoms with Crippen LogP contribution in [0.3, 0.4) is 0 Å². The Morgan fingerprint density at radius 3 is 2.89 bits per heavy atom. The first-order valence-electron chi connectivity index (χ1n) is 6.79. The van der Waals surface area contributed by atoms with Crippen LogP contribution in [0.1, 0.15) is 38.2 Å². The van der Waals surface area contributed by atoms with Crippen LogP contribution in [0.4, 0.5) is 0 Å². The Morgan fingerprint density at radius 2 is 2.17 bits per heavy atom. The number of amidine groups is 1. The molecule has 0 aliphatic carbocycles. The molecular weight excluding hydrogens is 240 g/mol. The molecule has 2 nitrogen and oxygen atoms in total. The second kappa shape index (κ2) is 6.83. The number of rotatable bonds is 5. The summed E-state index contributed by atoms with van der Waals surface area (Å²) in [6.07, 6.45) is 2.52. The van der Waals surface area contributed by atoms with Crippen LogP contribution in [0.2, 0.25) is 0 Å². The Labute approximate surface area is 114 Å². The zero-order valence-corrected chi connectivity index (χ0v) is 12.0. The quantitative estimate of drug-likeness (QED) is 0.876.